The van der Waals surface area contributed by atoms with Crippen LogP contribution in [0.5, 0.6) is 0 Å². The smallest absolute Gasteiger partial charge is 0.267 e. The maximum Gasteiger partial charge on any atom is 0.267 e. The van der Waals surface area contributed by atoms with Gasteiger partial charge in [-0.3, -0.25) is 4.79 Å². The van der Waals surface area contributed by atoms with E-state index in [1.165, 1.54) is 0 Å². The number of carbonyl (C=O) groups excluding carboxylic acids is 1. The van der Waals surface area contributed by atoms with Crippen molar-refractivity contribution >= 4 is 5.91 Å². The highest BCUT2D eigenvalue weighted by Crippen LogP contribution is 1.80. The molecule has 0 spiro atoms. The minimum atomic E-state index is -0.414. The van der Waals surface area contributed by atoms with Gasteiger partial charge in [-0.25, -0.2) is 0 Å². The average Bonchev–Trinajstić information content (AvgIpc) is 1.68. The Morgan fingerprint density at radius 1 is 1.86 bits per heavy atom. The number of hydrogen-bond acceptors (Lipinski definition) is 2. The van der Waals surface area contributed by atoms with Crippen molar-refractivity contribution in [3.05, 3.63) is 0 Å². The first-order valence-corrected chi connectivity index (χ1v) is 1.89. The van der Waals surface area contributed by atoms with E-state index in [2.05, 4.69) is 10.4 Å². The first-order valence-electron chi connectivity index (χ1n) is 1.89. The predicted octanol–water partition coefficient (Wildman–Crippen LogP) is 0.764. The van der Waals surface area contributed by atoms with Crippen LogP contribution in [-0.2, 0) is 4.79 Å². The van der Waals surface area contributed by atoms with Crippen molar-refractivity contribution in [3.8, 4) is 0 Å². The predicted molar refractivity (Wildman–Crippen MR) is 21.9 cm³/mol. The van der Waals surface area contributed by atoms with Gasteiger partial charge in [0.1, 0.15) is 0 Å². The molecule has 1 N–H and O–H groups in total. The third-order valence-electron chi connectivity index (χ3n) is 0.459. The summed E-state index contributed by atoms with van der Waals surface area (Å²) in [6, 6.07) is 0. The molecule has 0 atom stereocenters. The highest BCUT2D eigenvalue weighted by molar-refractivity contribution is 5.75. The van der Waals surface area contributed by atoms with Crippen molar-refractivity contribution in [1.82, 2.24) is 0 Å². The van der Waals surface area contributed by atoms with Gasteiger partial charge >= 0.3 is 0 Å². The largest absolute Gasteiger partial charge is 0.394 e. The van der Waals surface area contributed by atoms with Crippen LogP contribution in [-0.4, -0.2) is 11.1 Å². The van der Waals surface area contributed by atoms with Gasteiger partial charge in [0.25, 0.3) is 5.91 Å². The van der Waals surface area contributed by atoms with Crippen molar-refractivity contribution in [2.24, 2.45) is 10.4 Å². The standard InChI is InChI=1S/C3H6N2O2/c1-2-3(6)4-5-7/h2H2,1H3,(H,4,6,7). The van der Waals surface area contributed by atoms with Crippen LogP contribution in [0.1, 0.15) is 13.3 Å². The molecule has 0 heterocycles. The molecular weight excluding hydrogens is 96.0 g/mol. The summed E-state index contributed by atoms with van der Waals surface area (Å²) in [6.07, 6.45) is 0.282. The lowest BCUT2D eigenvalue weighted by Crippen LogP contribution is -1.84. The molecule has 0 aromatic carbocycles. The molecule has 0 bridgehead atoms. The Hall–Kier alpha value is -0.930. The molecule has 40 valence electrons. The van der Waals surface area contributed by atoms with E-state index in [4.69, 9.17) is 5.21 Å². The fourth-order valence-corrected chi connectivity index (χ4v) is 0.121. The van der Waals surface area contributed by atoms with Gasteiger partial charge in [-0.15, -0.1) is 0 Å². The SMILES string of the molecule is CCC(=O)N=NO. The van der Waals surface area contributed by atoms with Gasteiger partial charge in [0.2, 0.25) is 0 Å². The zero-order valence-corrected chi connectivity index (χ0v) is 3.96. The first-order chi connectivity index (χ1) is 3.31. The normalized spacial score (nSPS) is 9.86. The highest BCUT2D eigenvalue weighted by Gasteiger charge is 1.88. The topological polar surface area (TPSA) is 62.0 Å². The Morgan fingerprint density at radius 2 is 2.43 bits per heavy atom. The lowest BCUT2D eigenvalue weighted by Gasteiger charge is -1.75. The molecule has 0 saturated heterocycles. The second-order valence-corrected chi connectivity index (χ2v) is 0.937. The molecule has 4 heteroatoms. The van der Waals surface area contributed by atoms with Crippen LogP contribution >= 0.6 is 0 Å². The van der Waals surface area contributed by atoms with Gasteiger partial charge < -0.3 is 5.21 Å². The van der Waals surface area contributed by atoms with Gasteiger partial charge in [0, 0.05) is 11.7 Å². The Balaban J connectivity index is 3.37. The quantitative estimate of drug-likeness (QED) is 0.392. The molecule has 0 aliphatic rings. The van der Waals surface area contributed by atoms with Gasteiger partial charge in [-0.2, -0.15) is 0 Å². The molecule has 0 unspecified atom stereocenters. The molecule has 0 saturated carbocycles. The summed E-state index contributed by atoms with van der Waals surface area (Å²) >= 11 is 0. The summed E-state index contributed by atoms with van der Waals surface area (Å²) in [5.41, 5.74) is 0. The van der Waals surface area contributed by atoms with E-state index in [9.17, 15) is 4.79 Å². The summed E-state index contributed by atoms with van der Waals surface area (Å²) in [5.74, 6) is -0.414. The summed E-state index contributed by atoms with van der Waals surface area (Å²) in [4.78, 5) is 9.99. The number of hydrogen-bond donors (Lipinski definition) is 1. The van der Waals surface area contributed by atoms with Gasteiger partial charge in [-0.05, 0) is 0 Å². The molecule has 7 heavy (non-hydrogen) atoms. The maximum absolute atomic E-state index is 9.99. The number of amides is 1. The first kappa shape index (κ1) is 6.07. The summed E-state index contributed by atoms with van der Waals surface area (Å²) < 4.78 is 0. The van der Waals surface area contributed by atoms with Crippen molar-refractivity contribution in [2.75, 3.05) is 0 Å². The third-order valence-corrected chi connectivity index (χ3v) is 0.459. The van der Waals surface area contributed by atoms with Crippen LogP contribution in [0, 0.1) is 0 Å². The van der Waals surface area contributed by atoms with Crippen molar-refractivity contribution in [2.45, 2.75) is 13.3 Å². The monoisotopic (exact) mass is 102 g/mol. The maximum atomic E-state index is 9.99. The summed E-state index contributed by atoms with van der Waals surface area (Å²) in [6.45, 7) is 1.64. The van der Waals surface area contributed by atoms with Crippen LogP contribution in [0.4, 0.5) is 0 Å². The van der Waals surface area contributed by atoms with E-state index >= 15 is 0 Å². The molecule has 0 aromatic rings. The molecule has 0 rings (SSSR count). The second kappa shape index (κ2) is 3.27. The van der Waals surface area contributed by atoms with Gasteiger partial charge in [0.15, 0.2) is 0 Å². The molecule has 4 nitrogen and oxygen atoms in total. The minimum absolute atomic E-state index is 0.282. The van der Waals surface area contributed by atoms with Crippen molar-refractivity contribution in [3.63, 3.8) is 0 Å². The van der Waals surface area contributed by atoms with Crippen LogP contribution in [0.3, 0.4) is 0 Å². The van der Waals surface area contributed by atoms with Crippen LogP contribution in [0.15, 0.2) is 10.4 Å². The van der Waals surface area contributed by atoms with E-state index in [0.29, 0.717) is 0 Å². The average molecular weight is 102 g/mol. The Bertz CT molecular complexity index is 88.9. The van der Waals surface area contributed by atoms with E-state index in [0.717, 1.165) is 0 Å². The molecule has 0 radical (unpaired) electrons. The van der Waals surface area contributed by atoms with Crippen molar-refractivity contribution in [1.29, 1.82) is 0 Å². The Morgan fingerprint density at radius 3 is 2.57 bits per heavy atom. The molecule has 0 aliphatic carbocycles. The molecule has 0 aromatic heterocycles. The van der Waals surface area contributed by atoms with E-state index in [-0.39, 0.29) is 6.42 Å². The van der Waals surface area contributed by atoms with E-state index in [1.54, 1.807) is 6.92 Å². The Labute approximate surface area is 40.8 Å². The Kier molecular flexibility index (Phi) is 2.83. The third kappa shape index (κ3) is 2.88. The molecular formula is C3H6N2O2. The van der Waals surface area contributed by atoms with Crippen LogP contribution < -0.4 is 0 Å². The lowest BCUT2D eigenvalue weighted by atomic mass is 10.5. The van der Waals surface area contributed by atoms with Crippen LogP contribution in [0.2, 0.25) is 0 Å². The highest BCUT2D eigenvalue weighted by atomic mass is 16.5. The number of carbonyl (C=O) groups is 1. The molecule has 0 fully saturated rings. The minimum Gasteiger partial charge on any atom is -0.394 e. The number of nitrogens with zero attached hydrogens (tertiary/aromatic N) is 2. The van der Waals surface area contributed by atoms with Gasteiger partial charge in [-0.1, -0.05) is 12.0 Å². The summed E-state index contributed by atoms with van der Waals surface area (Å²) in [7, 11) is 0. The zero-order valence-electron chi connectivity index (χ0n) is 3.96. The zero-order chi connectivity index (χ0) is 5.70. The molecule has 1 amide bonds. The fourth-order valence-electron chi connectivity index (χ4n) is 0.121. The van der Waals surface area contributed by atoms with E-state index in [1.807, 2.05) is 0 Å². The molecule has 0 aliphatic heterocycles. The lowest BCUT2D eigenvalue weighted by molar-refractivity contribution is -0.118. The van der Waals surface area contributed by atoms with Gasteiger partial charge in [0.05, 0.1) is 0 Å². The number of rotatable bonds is 1. The fraction of sp³-hybridized carbons (Fsp3) is 0.667. The van der Waals surface area contributed by atoms with Crippen molar-refractivity contribution < 1.29 is 10.0 Å². The van der Waals surface area contributed by atoms with E-state index < -0.39 is 5.91 Å². The van der Waals surface area contributed by atoms with Crippen LogP contribution in [0.25, 0.3) is 0 Å². The summed E-state index contributed by atoms with van der Waals surface area (Å²) in [5, 5.41) is 12.7. The second-order valence-electron chi connectivity index (χ2n) is 0.937.